The molecule has 7 heteroatoms. The number of halogens is 2. The summed E-state index contributed by atoms with van der Waals surface area (Å²) in [6.07, 6.45) is 0.411. The minimum absolute atomic E-state index is 0.137. The van der Waals surface area contributed by atoms with Crippen molar-refractivity contribution in [3.8, 4) is 17.4 Å². The Morgan fingerprint density at radius 2 is 1.90 bits per heavy atom. The van der Waals surface area contributed by atoms with Gasteiger partial charge in [-0.15, -0.1) is 0 Å². The molecule has 0 saturated heterocycles. The summed E-state index contributed by atoms with van der Waals surface area (Å²) in [6.45, 7) is 0. The van der Waals surface area contributed by atoms with Crippen LogP contribution in [0.3, 0.4) is 0 Å². The van der Waals surface area contributed by atoms with Crippen molar-refractivity contribution >= 4 is 5.82 Å². The van der Waals surface area contributed by atoms with E-state index >= 15 is 0 Å². The summed E-state index contributed by atoms with van der Waals surface area (Å²) in [5.41, 5.74) is -0.137. The minimum atomic E-state index is -2.57. The number of rotatable bonds is 5. The minimum Gasteiger partial charge on any atom is -0.493 e. The molecule has 0 amide bonds. The van der Waals surface area contributed by atoms with Gasteiger partial charge in [-0.05, 0) is 18.2 Å². The molecule has 0 atom stereocenters. The number of alkyl halides is 2. The lowest BCUT2D eigenvalue weighted by atomic mass is 10.2. The Labute approximate surface area is 114 Å². The van der Waals surface area contributed by atoms with Gasteiger partial charge in [0, 0.05) is 25.0 Å². The molecule has 0 saturated carbocycles. The Kier molecular flexibility index (Phi) is 4.29. The number of aromatic nitrogens is 2. The highest BCUT2D eigenvalue weighted by Crippen LogP contribution is 2.35. The Hall–Kier alpha value is -2.44. The number of hydrogen-bond donors (Lipinski definition) is 1. The highest BCUT2D eigenvalue weighted by molar-refractivity contribution is 5.50. The standard InChI is InChI=1S/C13H13F2N3O2/c1-16-12-13(18-6-5-17-12)20-9-4-3-8(11(14)15)7-10(9)19-2/h3-7,11H,1-2H3,(H,16,17). The molecule has 0 bridgehead atoms. The van der Waals surface area contributed by atoms with Crippen LogP contribution in [-0.2, 0) is 0 Å². The molecule has 1 N–H and O–H groups in total. The van der Waals surface area contributed by atoms with E-state index in [4.69, 9.17) is 9.47 Å². The van der Waals surface area contributed by atoms with Crippen LogP contribution in [0.5, 0.6) is 17.4 Å². The van der Waals surface area contributed by atoms with Crippen molar-refractivity contribution in [1.29, 1.82) is 0 Å². The van der Waals surface area contributed by atoms with Gasteiger partial charge in [-0.2, -0.15) is 0 Å². The van der Waals surface area contributed by atoms with Crippen LogP contribution >= 0.6 is 0 Å². The van der Waals surface area contributed by atoms with E-state index in [1.165, 1.54) is 37.7 Å². The molecule has 2 aromatic rings. The van der Waals surface area contributed by atoms with Crippen molar-refractivity contribution in [3.05, 3.63) is 36.2 Å². The summed E-state index contributed by atoms with van der Waals surface area (Å²) < 4.78 is 35.9. The lowest BCUT2D eigenvalue weighted by molar-refractivity contribution is 0.151. The number of methoxy groups -OCH3 is 1. The third kappa shape index (κ3) is 2.93. The zero-order valence-corrected chi connectivity index (χ0v) is 10.9. The van der Waals surface area contributed by atoms with Crippen molar-refractivity contribution in [3.63, 3.8) is 0 Å². The van der Waals surface area contributed by atoms with Gasteiger partial charge in [0.15, 0.2) is 17.3 Å². The molecule has 106 valence electrons. The molecule has 0 aliphatic rings. The number of hydrogen-bond acceptors (Lipinski definition) is 5. The Bertz CT molecular complexity index is 594. The van der Waals surface area contributed by atoms with E-state index in [1.807, 2.05) is 0 Å². The summed E-state index contributed by atoms with van der Waals surface area (Å²) in [7, 11) is 3.06. The first-order valence-corrected chi connectivity index (χ1v) is 5.78. The van der Waals surface area contributed by atoms with Gasteiger partial charge in [-0.1, -0.05) is 0 Å². The molecule has 20 heavy (non-hydrogen) atoms. The molecular formula is C13H13F2N3O2. The first-order valence-electron chi connectivity index (χ1n) is 5.78. The third-order valence-corrected chi connectivity index (χ3v) is 2.55. The second-order valence-corrected chi connectivity index (χ2v) is 3.77. The predicted octanol–water partition coefficient (Wildman–Crippen LogP) is 3.26. The van der Waals surface area contributed by atoms with Gasteiger partial charge in [-0.25, -0.2) is 18.7 Å². The number of nitrogens with one attached hydrogen (secondary N) is 1. The van der Waals surface area contributed by atoms with E-state index in [2.05, 4.69) is 15.3 Å². The maximum absolute atomic E-state index is 12.6. The van der Waals surface area contributed by atoms with Crippen LogP contribution in [0.2, 0.25) is 0 Å². The molecule has 0 aliphatic heterocycles. The molecule has 1 aromatic carbocycles. The highest BCUT2D eigenvalue weighted by atomic mass is 19.3. The number of anilines is 1. The number of nitrogens with zero attached hydrogens (tertiary/aromatic N) is 2. The average molecular weight is 281 g/mol. The van der Waals surface area contributed by atoms with Crippen LogP contribution in [0.15, 0.2) is 30.6 Å². The highest BCUT2D eigenvalue weighted by Gasteiger charge is 2.14. The molecule has 0 spiro atoms. The SMILES string of the molecule is CNc1nccnc1Oc1ccc(C(F)F)cc1OC. The number of ether oxygens (including phenoxy) is 2. The summed E-state index contributed by atoms with van der Waals surface area (Å²) in [5, 5.41) is 2.82. The van der Waals surface area contributed by atoms with Crippen LogP contribution in [-0.4, -0.2) is 24.1 Å². The van der Waals surface area contributed by atoms with Crippen LogP contribution in [0, 0.1) is 0 Å². The third-order valence-electron chi connectivity index (χ3n) is 2.55. The lowest BCUT2D eigenvalue weighted by Crippen LogP contribution is -1.99. The molecule has 5 nitrogen and oxygen atoms in total. The van der Waals surface area contributed by atoms with Gasteiger partial charge < -0.3 is 14.8 Å². The maximum atomic E-state index is 12.6. The second-order valence-electron chi connectivity index (χ2n) is 3.77. The molecule has 0 radical (unpaired) electrons. The molecule has 1 heterocycles. The van der Waals surface area contributed by atoms with Crippen molar-refractivity contribution in [2.75, 3.05) is 19.5 Å². The second kappa shape index (κ2) is 6.14. The molecule has 0 unspecified atom stereocenters. The maximum Gasteiger partial charge on any atom is 0.263 e. The van der Waals surface area contributed by atoms with Gasteiger partial charge in [-0.3, -0.25) is 0 Å². The fraction of sp³-hybridized carbons (Fsp3) is 0.231. The number of benzene rings is 1. The zero-order valence-electron chi connectivity index (χ0n) is 10.9. The first-order chi connectivity index (χ1) is 9.65. The van der Waals surface area contributed by atoms with Gasteiger partial charge in [0.1, 0.15) is 0 Å². The molecule has 2 rings (SSSR count). The van der Waals surface area contributed by atoms with Crippen molar-refractivity contribution in [1.82, 2.24) is 9.97 Å². The van der Waals surface area contributed by atoms with Crippen LogP contribution in [0.1, 0.15) is 12.0 Å². The zero-order chi connectivity index (χ0) is 14.5. The fourth-order valence-corrected chi connectivity index (χ4v) is 1.58. The quantitative estimate of drug-likeness (QED) is 0.911. The van der Waals surface area contributed by atoms with Crippen molar-refractivity contribution < 1.29 is 18.3 Å². The smallest absolute Gasteiger partial charge is 0.263 e. The largest absolute Gasteiger partial charge is 0.493 e. The molecule has 0 aliphatic carbocycles. The van der Waals surface area contributed by atoms with Gasteiger partial charge >= 0.3 is 0 Å². The van der Waals surface area contributed by atoms with E-state index < -0.39 is 6.43 Å². The van der Waals surface area contributed by atoms with E-state index in [1.54, 1.807) is 7.05 Å². The van der Waals surface area contributed by atoms with E-state index in [-0.39, 0.29) is 22.9 Å². The Morgan fingerprint density at radius 1 is 1.15 bits per heavy atom. The summed E-state index contributed by atoms with van der Waals surface area (Å²) in [4.78, 5) is 8.06. The average Bonchev–Trinajstić information content (AvgIpc) is 2.48. The Morgan fingerprint density at radius 3 is 2.55 bits per heavy atom. The summed E-state index contributed by atoms with van der Waals surface area (Å²) in [6, 6.07) is 3.92. The van der Waals surface area contributed by atoms with Crippen molar-refractivity contribution in [2.24, 2.45) is 0 Å². The van der Waals surface area contributed by atoms with E-state index in [9.17, 15) is 8.78 Å². The summed E-state index contributed by atoms with van der Waals surface area (Å²) >= 11 is 0. The predicted molar refractivity (Wildman–Crippen MR) is 69.6 cm³/mol. The normalized spacial score (nSPS) is 10.4. The molecular weight excluding hydrogens is 268 g/mol. The molecule has 0 fully saturated rings. The van der Waals surface area contributed by atoms with Gasteiger partial charge in [0.05, 0.1) is 7.11 Å². The van der Waals surface area contributed by atoms with Crippen LogP contribution in [0.25, 0.3) is 0 Å². The van der Waals surface area contributed by atoms with Gasteiger partial charge in [0.25, 0.3) is 12.3 Å². The molecule has 1 aromatic heterocycles. The van der Waals surface area contributed by atoms with E-state index in [0.29, 0.717) is 5.82 Å². The van der Waals surface area contributed by atoms with Crippen molar-refractivity contribution in [2.45, 2.75) is 6.43 Å². The van der Waals surface area contributed by atoms with E-state index in [0.717, 1.165) is 0 Å². The monoisotopic (exact) mass is 281 g/mol. The fourth-order valence-electron chi connectivity index (χ4n) is 1.58. The van der Waals surface area contributed by atoms with Gasteiger partial charge in [0.2, 0.25) is 0 Å². The Balaban J connectivity index is 2.33. The van der Waals surface area contributed by atoms with Crippen LogP contribution < -0.4 is 14.8 Å². The lowest BCUT2D eigenvalue weighted by Gasteiger charge is -2.12. The van der Waals surface area contributed by atoms with Crippen LogP contribution in [0.4, 0.5) is 14.6 Å². The topological polar surface area (TPSA) is 56.3 Å². The first kappa shape index (κ1) is 14.0. The summed E-state index contributed by atoms with van der Waals surface area (Å²) in [5.74, 6) is 1.16.